The molecule has 47 heavy (non-hydrogen) atoms. The highest BCUT2D eigenvalue weighted by Crippen LogP contribution is 2.53. The van der Waals surface area contributed by atoms with Crippen molar-refractivity contribution in [3.05, 3.63) is 82.8 Å². The number of piperidine rings is 1. The molecular weight excluding hydrogens is 582 g/mol. The van der Waals surface area contributed by atoms with Crippen LogP contribution in [0.15, 0.2) is 54.9 Å². The fourth-order valence-electron chi connectivity index (χ4n) is 8.98. The van der Waals surface area contributed by atoms with Crippen LogP contribution < -0.4 is 4.90 Å². The molecule has 1 saturated carbocycles. The lowest BCUT2D eigenvalue weighted by molar-refractivity contribution is 0.0143. The van der Waals surface area contributed by atoms with Gasteiger partial charge in [-0.1, -0.05) is 69.2 Å². The second kappa shape index (κ2) is 12.9. The zero-order chi connectivity index (χ0) is 32.8. The zero-order valence-corrected chi connectivity index (χ0v) is 29.2. The SMILES string of the molecule is CC(C)C1CCc2ncnc(N3CC4(CCN(Cc5ccccc5)CC4)c4c(CN(C(=O)OC(C)(C)C)C5CCCC5)cccc43)c21. The lowest BCUT2D eigenvalue weighted by Gasteiger charge is -2.41. The van der Waals surface area contributed by atoms with Gasteiger partial charge in [-0.25, -0.2) is 14.8 Å². The Hall–Kier alpha value is -3.45. The first-order valence-corrected chi connectivity index (χ1v) is 18.1. The fraction of sp³-hybridized carbons (Fsp3) is 0.575. The molecule has 1 amide bonds. The van der Waals surface area contributed by atoms with E-state index in [0.29, 0.717) is 18.4 Å². The van der Waals surface area contributed by atoms with Gasteiger partial charge in [-0.3, -0.25) is 4.90 Å². The van der Waals surface area contributed by atoms with Crippen LogP contribution in [0.1, 0.15) is 113 Å². The molecule has 7 rings (SSSR count). The topological polar surface area (TPSA) is 61.8 Å². The summed E-state index contributed by atoms with van der Waals surface area (Å²) in [6, 6.07) is 17.9. The third-order valence-electron chi connectivity index (χ3n) is 11.3. The van der Waals surface area contributed by atoms with Crippen LogP contribution in [0.25, 0.3) is 0 Å². The van der Waals surface area contributed by atoms with Gasteiger partial charge < -0.3 is 14.5 Å². The van der Waals surface area contributed by atoms with Crippen LogP contribution >= 0.6 is 0 Å². The van der Waals surface area contributed by atoms with Gasteiger partial charge in [0.15, 0.2) is 0 Å². The highest BCUT2D eigenvalue weighted by Gasteiger charge is 2.48. The second-order valence-corrected chi connectivity index (χ2v) is 15.9. The molecule has 7 nitrogen and oxygen atoms in total. The van der Waals surface area contributed by atoms with Crippen molar-refractivity contribution >= 4 is 17.6 Å². The van der Waals surface area contributed by atoms with Crippen molar-refractivity contribution < 1.29 is 9.53 Å². The highest BCUT2D eigenvalue weighted by molar-refractivity contribution is 5.76. The minimum Gasteiger partial charge on any atom is -0.444 e. The number of amides is 1. The molecule has 250 valence electrons. The summed E-state index contributed by atoms with van der Waals surface area (Å²) in [7, 11) is 0. The Kier molecular flexibility index (Phi) is 8.79. The first-order valence-electron chi connectivity index (χ1n) is 18.1. The number of likely N-dealkylation sites (tertiary alicyclic amines) is 1. The molecule has 1 spiro atoms. The number of nitrogens with zero attached hydrogens (tertiary/aromatic N) is 5. The summed E-state index contributed by atoms with van der Waals surface area (Å²) in [5.41, 5.74) is 7.38. The van der Waals surface area contributed by atoms with Crippen molar-refractivity contribution in [2.24, 2.45) is 5.92 Å². The summed E-state index contributed by atoms with van der Waals surface area (Å²) >= 11 is 0. The average molecular weight is 636 g/mol. The number of hydrogen-bond donors (Lipinski definition) is 0. The monoisotopic (exact) mass is 635 g/mol. The third kappa shape index (κ3) is 6.40. The van der Waals surface area contributed by atoms with Gasteiger partial charge in [0.25, 0.3) is 0 Å². The Balaban J connectivity index is 1.28. The van der Waals surface area contributed by atoms with E-state index in [9.17, 15) is 4.79 Å². The Labute approximate surface area is 281 Å². The molecule has 2 aliphatic carbocycles. The molecule has 1 unspecified atom stereocenters. The standard InChI is InChI=1S/C40H53N5O2/c1-28(2)32-18-19-33-35(32)37(42-27-41-33)45-26-40(20-22-43(23-21-40)24-29-12-7-6-8-13-29)36-30(14-11-17-34(36)45)25-44(31-15-9-10-16-31)38(46)47-39(3,4)5/h6-8,11-14,17,27-28,31-32H,9-10,15-16,18-26H2,1-5H3. The number of carbonyl (C=O) groups excluding carboxylic acids is 1. The molecule has 2 aromatic carbocycles. The number of hydrogen-bond acceptors (Lipinski definition) is 6. The van der Waals surface area contributed by atoms with Crippen molar-refractivity contribution in [1.82, 2.24) is 19.8 Å². The number of ether oxygens (including phenoxy) is 1. The van der Waals surface area contributed by atoms with Crippen LogP contribution in [0.3, 0.4) is 0 Å². The van der Waals surface area contributed by atoms with E-state index in [-0.39, 0.29) is 17.6 Å². The van der Waals surface area contributed by atoms with E-state index in [2.05, 4.69) is 77.1 Å². The molecule has 0 radical (unpaired) electrons. The van der Waals surface area contributed by atoms with Crippen molar-refractivity contribution in [3.8, 4) is 0 Å². The molecule has 7 heteroatoms. The van der Waals surface area contributed by atoms with E-state index in [1.165, 1.54) is 46.5 Å². The average Bonchev–Trinajstić information content (AvgIpc) is 3.80. The van der Waals surface area contributed by atoms with E-state index in [1.807, 2.05) is 20.8 Å². The quantitative estimate of drug-likeness (QED) is 0.259. The number of aromatic nitrogens is 2. The summed E-state index contributed by atoms with van der Waals surface area (Å²) < 4.78 is 6.04. The van der Waals surface area contributed by atoms with Gasteiger partial charge in [0, 0.05) is 48.0 Å². The summed E-state index contributed by atoms with van der Waals surface area (Å²) in [6.45, 7) is 15.2. The first kappa shape index (κ1) is 32.1. The van der Waals surface area contributed by atoms with Gasteiger partial charge in [0.05, 0.1) is 0 Å². The van der Waals surface area contributed by atoms with Gasteiger partial charge in [-0.2, -0.15) is 0 Å². The highest BCUT2D eigenvalue weighted by atomic mass is 16.6. The fourth-order valence-corrected chi connectivity index (χ4v) is 8.98. The van der Waals surface area contributed by atoms with Crippen LogP contribution in [0.5, 0.6) is 0 Å². The molecular formula is C40H53N5O2. The summed E-state index contributed by atoms with van der Waals surface area (Å²) in [4.78, 5) is 30.9. The second-order valence-electron chi connectivity index (χ2n) is 15.9. The lowest BCUT2D eigenvalue weighted by Crippen LogP contribution is -2.45. The first-order chi connectivity index (χ1) is 22.6. The van der Waals surface area contributed by atoms with Crippen LogP contribution in [0, 0.1) is 5.92 Å². The van der Waals surface area contributed by atoms with E-state index in [1.54, 1.807) is 6.33 Å². The predicted molar refractivity (Wildman–Crippen MR) is 188 cm³/mol. The Morgan fingerprint density at radius 2 is 1.74 bits per heavy atom. The molecule has 1 aromatic heterocycles. The smallest absolute Gasteiger partial charge is 0.410 e. The Morgan fingerprint density at radius 3 is 2.45 bits per heavy atom. The number of aryl methyl sites for hydroxylation is 1. The number of fused-ring (bicyclic) bond motifs is 3. The predicted octanol–water partition coefficient (Wildman–Crippen LogP) is 8.53. The third-order valence-corrected chi connectivity index (χ3v) is 11.3. The molecule has 2 aliphatic heterocycles. The number of benzene rings is 2. The van der Waals surface area contributed by atoms with Crippen LogP contribution in [0.2, 0.25) is 0 Å². The van der Waals surface area contributed by atoms with Gasteiger partial charge >= 0.3 is 6.09 Å². The van der Waals surface area contributed by atoms with Crippen molar-refractivity contribution in [2.75, 3.05) is 24.5 Å². The number of rotatable bonds is 7. The van der Waals surface area contributed by atoms with E-state index in [0.717, 1.165) is 70.5 Å². The lowest BCUT2D eigenvalue weighted by atomic mass is 9.72. The number of carbonyl (C=O) groups is 1. The van der Waals surface area contributed by atoms with Crippen molar-refractivity contribution in [3.63, 3.8) is 0 Å². The molecule has 0 bridgehead atoms. The molecule has 4 aliphatic rings. The molecule has 1 atom stereocenters. The molecule has 0 N–H and O–H groups in total. The Bertz CT molecular complexity index is 1570. The normalized spacial score (nSPS) is 21.0. The largest absolute Gasteiger partial charge is 0.444 e. The zero-order valence-electron chi connectivity index (χ0n) is 29.2. The molecule has 3 heterocycles. The maximum absolute atomic E-state index is 13.8. The minimum absolute atomic E-state index is 0.0157. The van der Waals surface area contributed by atoms with Gasteiger partial charge in [-0.15, -0.1) is 0 Å². The van der Waals surface area contributed by atoms with E-state index >= 15 is 0 Å². The summed E-state index contributed by atoms with van der Waals surface area (Å²) in [6.07, 6.45) is 10.4. The van der Waals surface area contributed by atoms with Crippen LogP contribution in [0.4, 0.5) is 16.3 Å². The molecule has 3 aromatic rings. The van der Waals surface area contributed by atoms with E-state index in [4.69, 9.17) is 14.7 Å². The van der Waals surface area contributed by atoms with Gasteiger partial charge in [0.2, 0.25) is 0 Å². The van der Waals surface area contributed by atoms with E-state index < -0.39 is 5.60 Å². The minimum atomic E-state index is -0.531. The number of anilines is 2. The van der Waals surface area contributed by atoms with Gasteiger partial charge in [-0.05, 0) is 107 Å². The molecule has 1 saturated heterocycles. The van der Waals surface area contributed by atoms with Crippen LogP contribution in [-0.2, 0) is 29.7 Å². The van der Waals surface area contributed by atoms with Crippen LogP contribution in [-0.4, -0.2) is 57.1 Å². The van der Waals surface area contributed by atoms with Crippen molar-refractivity contribution in [1.29, 1.82) is 0 Å². The maximum Gasteiger partial charge on any atom is 0.410 e. The molecule has 2 fully saturated rings. The van der Waals surface area contributed by atoms with Gasteiger partial charge in [0.1, 0.15) is 17.7 Å². The summed E-state index contributed by atoms with van der Waals surface area (Å²) in [5.74, 6) is 2.12. The Morgan fingerprint density at radius 1 is 1.00 bits per heavy atom. The summed E-state index contributed by atoms with van der Waals surface area (Å²) in [5, 5.41) is 0. The maximum atomic E-state index is 13.8. The van der Waals surface area contributed by atoms with Crippen molar-refractivity contribution in [2.45, 2.75) is 122 Å².